The second-order valence-corrected chi connectivity index (χ2v) is 7.12. The highest BCUT2D eigenvalue weighted by atomic mass is 19.1. The number of rotatable bonds is 6. The highest BCUT2D eigenvalue weighted by Gasteiger charge is 2.38. The smallest absolute Gasteiger partial charge is 0.244 e. The minimum absolute atomic E-state index is 0.0389. The van der Waals surface area contributed by atoms with Crippen molar-refractivity contribution in [2.75, 3.05) is 57.3 Å². The number of hydrogen-bond acceptors (Lipinski definition) is 4. The molecular formula is C20H29FN4O2. The molecule has 3 rings (SSSR count). The lowest BCUT2D eigenvalue weighted by Crippen LogP contribution is -2.55. The van der Waals surface area contributed by atoms with Gasteiger partial charge in [-0.25, -0.2) is 4.39 Å². The number of hydrogen-bond donors (Lipinski definition) is 0. The second kappa shape index (κ2) is 8.80. The van der Waals surface area contributed by atoms with Gasteiger partial charge in [-0.05, 0) is 31.6 Å². The van der Waals surface area contributed by atoms with E-state index in [0.717, 1.165) is 13.1 Å². The molecule has 7 heteroatoms. The van der Waals surface area contributed by atoms with E-state index in [0.29, 0.717) is 51.4 Å². The van der Waals surface area contributed by atoms with E-state index in [1.165, 1.54) is 6.07 Å². The molecule has 1 aromatic carbocycles. The molecule has 27 heavy (non-hydrogen) atoms. The molecule has 1 aromatic rings. The van der Waals surface area contributed by atoms with Gasteiger partial charge >= 0.3 is 0 Å². The molecule has 2 aliphatic heterocycles. The van der Waals surface area contributed by atoms with E-state index < -0.39 is 0 Å². The molecule has 0 bridgehead atoms. The quantitative estimate of drug-likeness (QED) is 0.753. The largest absolute Gasteiger partial charge is 0.339 e. The van der Waals surface area contributed by atoms with Crippen LogP contribution in [0, 0.1) is 5.82 Å². The fourth-order valence-corrected chi connectivity index (χ4v) is 3.93. The van der Waals surface area contributed by atoms with Crippen LogP contribution in [0.25, 0.3) is 0 Å². The summed E-state index contributed by atoms with van der Waals surface area (Å²) < 4.78 is 14.0. The van der Waals surface area contributed by atoms with Crippen molar-refractivity contribution in [3.05, 3.63) is 30.1 Å². The molecule has 0 aromatic heterocycles. The van der Waals surface area contributed by atoms with Crippen LogP contribution in [0.1, 0.15) is 20.3 Å². The van der Waals surface area contributed by atoms with E-state index in [4.69, 9.17) is 0 Å². The summed E-state index contributed by atoms with van der Waals surface area (Å²) >= 11 is 0. The maximum absolute atomic E-state index is 14.0. The number of piperazine rings is 1. The van der Waals surface area contributed by atoms with Crippen LogP contribution < -0.4 is 4.90 Å². The van der Waals surface area contributed by atoms with Gasteiger partial charge in [-0.3, -0.25) is 19.4 Å². The third kappa shape index (κ3) is 4.30. The molecule has 1 atom stereocenters. The third-order valence-electron chi connectivity index (χ3n) is 5.68. The van der Waals surface area contributed by atoms with Crippen LogP contribution in [0.4, 0.5) is 10.1 Å². The van der Waals surface area contributed by atoms with Crippen molar-refractivity contribution in [3.8, 4) is 0 Å². The Labute approximate surface area is 160 Å². The molecule has 0 aliphatic carbocycles. The Bertz CT molecular complexity index is 672. The maximum Gasteiger partial charge on any atom is 0.244 e. The van der Waals surface area contributed by atoms with Gasteiger partial charge in [-0.15, -0.1) is 0 Å². The summed E-state index contributed by atoms with van der Waals surface area (Å²) in [5.41, 5.74) is 0.359. The number of benzene rings is 1. The van der Waals surface area contributed by atoms with Gasteiger partial charge in [0.05, 0.1) is 18.3 Å². The number of amides is 2. The molecule has 0 saturated carbocycles. The molecule has 2 fully saturated rings. The van der Waals surface area contributed by atoms with Gasteiger partial charge in [0, 0.05) is 32.7 Å². The SMILES string of the molecule is CCN(CC)CC(=O)N1CCN(C2CCN(c3ccccc3F)C2=O)CC1. The monoisotopic (exact) mass is 376 g/mol. The Hall–Kier alpha value is -1.99. The lowest BCUT2D eigenvalue weighted by atomic mass is 10.1. The van der Waals surface area contributed by atoms with Crippen LogP contribution >= 0.6 is 0 Å². The van der Waals surface area contributed by atoms with Crippen LogP contribution in [-0.2, 0) is 9.59 Å². The Kier molecular flexibility index (Phi) is 6.44. The molecule has 2 aliphatic rings. The predicted molar refractivity (Wildman–Crippen MR) is 103 cm³/mol. The number of nitrogens with zero attached hydrogens (tertiary/aromatic N) is 4. The summed E-state index contributed by atoms with van der Waals surface area (Å²) in [4.78, 5) is 33.0. The van der Waals surface area contributed by atoms with Crippen molar-refractivity contribution in [2.24, 2.45) is 0 Å². The number of anilines is 1. The van der Waals surface area contributed by atoms with Crippen molar-refractivity contribution in [2.45, 2.75) is 26.3 Å². The minimum atomic E-state index is -0.363. The standard InChI is InChI=1S/C20H29FN4O2/c1-3-22(4-2)15-19(26)24-13-11-23(12-14-24)18-9-10-25(20(18)27)17-8-6-5-7-16(17)21/h5-8,18H,3-4,9-15H2,1-2H3. The van der Waals surface area contributed by atoms with E-state index in [1.807, 2.05) is 4.90 Å². The average Bonchev–Trinajstić information content (AvgIpc) is 3.07. The first kappa shape index (κ1) is 19.8. The summed E-state index contributed by atoms with van der Waals surface area (Å²) in [6.45, 7) is 9.49. The van der Waals surface area contributed by atoms with Gasteiger partial charge in [-0.2, -0.15) is 0 Å². The first-order chi connectivity index (χ1) is 13.0. The second-order valence-electron chi connectivity index (χ2n) is 7.12. The van der Waals surface area contributed by atoms with Crippen LogP contribution in [0.3, 0.4) is 0 Å². The highest BCUT2D eigenvalue weighted by Crippen LogP contribution is 2.27. The number of para-hydroxylation sites is 1. The normalized spacial score (nSPS) is 21.3. The van der Waals surface area contributed by atoms with Gasteiger partial charge in [0.15, 0.2) is 0 Å². The number of halogens is 1. The van der Waals surface area contributed by atoms with E-state index in [9.17, 15) is 14.0 Å². The summed E-state index contributed by atoms with van der Waals surface area (Å²) in [6.07, 6.45) is 0.695. The Morgan fingerprint density at radius 2 is 1.78 bits per heavy atom. The van der Waals surface area contributed by atoms with E-state index in [1.54, 1.807) is 23.1 Å². The van der Waals surface area contributed by atoms with Gasteiger partial charge in [0.1, 0.15) is 5.82 Å². The van der Waals surface area contributed by atoms with Crippen LogP contribution in [0.15, 0.2) is 24.3 Å². The van der Waals surface area contributed by atoms with E-state index in [-0.39, 0.29) is 23.7 Å². The zero-order valence-corrected chi connectivity index (χ0v) is 16.2. The maximum atomic E-state index is 14.0. The molecule has 148 valence electrons. The Morgan fingerprint density at radius 3 is 2.41 bits per heavy atom. The summed E-state index contributed by atoms with van der Waals surface area (Å²) in [7, 11) is 0. The molecule has 6 nitrogen and oxygen atoms in total. The van der Waals surface area contributed by atoms with Gasteiger partial charge in [0.2, 0.25) is 11.8 Å². The lowest BCUT2D eigenvalue weighted by Gasteiger charge is -2.38. The zero-order valence-electron chi connectivity index (χ0n) is 16.2. The van der Waals surface area contributed by atoms with Crippen LogP contribution in [0.2, 0.25) is 0 Å². The molecule has 1 unspecified atom stereocenters. The Balaban J connectivity index is 1.55. The molecule has 0 radical (unpaired) electrons. The van der Waals surface area contributed by atoms with Crippen LogP contribution in [-0.4, -0.2) is 84.9 Å². The summed E-state index contributed by atoms with van der Waals surface area (Å²) in [5.74, 6) is -0.245. The highest BCUT2D eigenvalue weighted by molar-refractivity contribution is 5.99. The Morgan fingerprint density at radius 1 is 1.11 bits per heavy atom. The average molecular weight is 376 g/mol. The van der Waals surface area contributed by atoms with Crippen molar-refractivity contribution in [3.63, 3.8) is 0 Å². The summed E-state index contributed by atoms with van der Waals surface area (Å²) in [6, 6.07) is 6.20. The molecule has 2 saturated heterocycles. The number of likely N-dealkylation sites (N-methyl/N-ethyl adjacent to an activating group) is 1. The first-order valence-corrected chi connectivity index (χ1v) is 9.85. The lowest BCUT2D eigenvalue weighted by molar-refractivity contribution is -0.134. The van der Waals surface area contributed by atoms with Gasteiger partial charge in [0.25, 0.3) is 0 Å². The summed E-state index contributed by atoms with van der Waals surface area (Å²) in [5, 5.41) is 0. The van der Waals surface area contributed by atoms with E-state index in [2.05, 4.69) is 23.6 Å². The molecule has 0 spiro atoms. The molecular weight excluding hydrogens is 347 g/mol. The first-order valence-electron chi connectivity index (χ1n) is 9.85. The molecule has 2 heterocycles. The van der Waals surface area contributed by atoms with Crippen molar-refractivity contribution < 1.29 is 14.0 Å². The minimum Gasteiger partial charge on any atom is -0.339 e. The number of carbonyl (C=O) groups excluding carboxylic acids is 2. The van der Waals surface area contributed by atoms with E-state index >= 15 is 0 Å². The third-order valence-corrected chi connectivity index (χ3v) is 5.68. The van der Waals surface area contributed by atoms with Crippen molar-refractivity contribution >= 4 is 17.5 Å². The zero-order chi connectivity index (χ0) is 19.4. The molecule has 2 amide bonds. The van der Waals surface area contributed by atoms with Gasteiger partial charge < -0.3 is 9.80 Å². The molecule has 0 N–H and O–H groups in total. The fraction of sp³-hybridized carbons (Fsp3) is 0.600. The van der Waals surface area contributed by atoms with Crippen molar-refractivity contribution in [1.82, 2.24) is 14.7 Å². The number of carbonyl (C=O) groups is 2. The topological polar surface area (TPSA) is 47.1 Å². The van der Waals surface area contributed by atoms with Gasteiger partial charge in [-0.1, -0.05) is 26.0 Å². The van der Waals surface area contributed by atoms with Crippen molar-refractivity contribution in [1.29, 1.82) is 0 Å². The fourth-order valence-electron chi connectivity index (χ4n) is 3.93. The van der Waals surface area contributed by atoms with Crippen LogP contribution in [0.5, 0.6) is 0 Å². The predicted octanol–water partition coefficient (Wildman–Crippen LogP) is 1.42.